The molecular formula is C16H20ClNOS. The van der Waals surface area contributed by atoms with Crippen LogP contribution in [0.3, 0.4) is 0 Å². The molecule has 2 N–H and O–H groups in total. The Balaban J connectivity index is 2.25. The summed E-state index contributed by atoms with van der Waals surface area (Å²) >= 11 is 7.55. The smallest absolute Gasteiger partial charge is 0.148 e. The van der Waals surface area contributed by atoms with Crippen LogP contribution in [0.5, 0.6) is 5.75 Å². The molecule has 4 heteroatoms. The van der Waals surface area contributed by atoms with Crippen LogP contribution in [0.1, 0.15) is 35.5 Å². The third-order valence-electron chi connectivity index (χ3n) is 3.48. The molecule has 2 aromatic rings. The van der Waals surface area contributed by atoms with Crippen molar-refractivity contribution in [3.8, 4) is 5.75 Å². The van der Waals surface area contributed by atoms with Gasteiger partial charge in [-0.3, -0.25) is 0 Å². The molecule has 1 aromatic heterocycles. The van der Waals surface area contributed by atoms with Crippen LogP contribution in [-0.2, 0) is 0 Å². The van der Waals surface area contributed by atoms with Crippen LogP contribution in [-0.4, -0.2) is 6.04 Å². The molecule has 2 unspecified atom stereocenters. The predicted octanol–water partition coefficient (Wildman–Crippen LogP) is 4.88. The van der Waals surface area contributed by atoms with E-state index in [0.717, 1.165) is 21.4 Å². The Morgan fingerprint density at radius 3 is 2.50 bits per heavy atom. The summed E-state index contributed by atoms with van der Waals surface area (Å²) in [6, 6.07) is 9.95. The van der Waals surface area contributed by atoms with Gasteiger partial charge in [-0.25, -0.2) is 0 Å². The molecule has 2 atom stereocenters. The average Bonchev–Trinajstić information content (AvgIpc) is 2.85. The molecule has 0 radical (unpaired) electrons. The Labute approximate surface area is 129 Å². The molecule has 0 saturated carbocycles. The van der Waals surface area contributed by atoms with Gasteiger partial charge in [0.05, 0.1) is 4.34 Å². The molecule has 20 heavy (non-hydrogen) atoms. The molecule has 0 amide bonds. The fourth-order valence-corrected chi connectivity index (χ4v) is 3.15. The first-order valence-electron chi connectivity index (χ1n) is 6.76. The first-order chi connectivity index (χ1) is 9.51. The minimum Gasteiger partial charge on any atom is -0.483 e. The number of rotatable bonds is 5. The van der Waals surface area contributed by atoms with Crippen molar-refractivity contribution in [1.82, 2.24) is 0 Å². The quantitative estimate of drug-likeness (QED) is 0.854. The fraction of sp³-hybridized carbons (Fsp3) is 0.375. The zero-order valence-electron chi connectivity index (χ0n) is 12.0. The van der Waals surface area contributed by atoms with E-state index < -0.39 is 0 Å². The lowest BCUT2D eigenvalue weighted by molar-refractivity contribution is 0.174. The molecule has 0 aliphatic rings. The molecule has 2 rings (SSSR count). The second-order valence-electron chi connectivity index (χ2n) is 5.00. The number of hydrogen-bond donors (Lipinski definition) is 1. The van der Waals surface area contributed by atoms with Crippen molar-refractivity contribution in [2.24, 2.45) is 5.73 Å². The monoisotopic (exact) mass is 309 g/mol. The van der Waals surface area contributed by atoms with Gasteiger partial charge < -0.3 is 10.5 Å². The number of thiophene rings is 1. The van der Waals surface area contributed by atoms with Gasteiger partial charge >= 0.3 is 0 Å². The average molecular weight is 310 g/mol. The van der Waals surface area contributed by atoms with E-state index in [-0.39, 0.29) is 12.1 Å². The highest BCUT2D eigenvalue weighted by Gasteiger charge is 2.22. The number of ether oxygens (including phenoxy) is 1. The minimum absolute atomic E-state index is 0.0497. The lowest BCUT2D eigenvalue weighted by Gasteiger charge is -2.23. The normalized spacial score (nSPS) is 14.1. The van der Waals surface area contributed by atoms with Crippen molar-refractivity contribution < 1.29 is 4.74 Å². The van der Waals surface area contributed by atoms with Gasteiger partial charge in [0.15, 0.2) is 0 Å². The topological polar surface area (TPSA) is 35.2 Å². The Hall–Kier alpha value is -1.03. The van der Waals surface area contributed by atoms with Crippen LogP contribution in [0.2, 0.25) is 4.34 Å². The molecular weight excluding hydrogens is 290 g/mol. The van der Waals surface area contributed by atoms with Crippen LogP contribution in [0.15, 0.2) is 30.3 Å². The molecule has 0 fully saturated rings. The maximum atomic E-state index is 6.21. The maximum Gasteiger partial charge on any atom is 0.148 e. The van der Waals surface area contributed by atoms with Crippen molar-refractivity contribution in [2.45, 2.75) is 39.3 Å². The minimum atomic E-state index is -0.153. The molecule has 1 heterocycles. The van der Waals surface area contributed by atoms with Crippen molar-refractivity contribution in [2.75, 3.05) is 0 Å². The van der Waals surface area contributed by atoms with Crippen LogP contribution in [0.25, 0.3) is 0 Å². The van der Waals surface area contributed by atoms with Crippen LogP contribution in [0.4, 0.5) is 0 Å². The summed E-state index contributed by atoms with van der Waals surface area (Å²) in [4.78, 5) is 1.07. The molecule has 108 valence electrons. The number of benzene rings is 1. The van der Waals surface area contributed by atoms with Crippen molar-refractivity contribution in [3.05, 3.63) is 50.7 Å². The van der Waals surface area contributed by atoms with E-state index in [1.807, 2.05) is 18.2 Å². The van der Waals surface area contributed by atoms with Crippen molar-refractivity contribution in [3.63, 3.8) is 0 Å². The lowest BCUT2D eigenvalue weighted by atomic mass is 10.1. The Morgan fingerprint density at radius 2 is 1.95 bits per heavy atom. The third kappa shape index (κ3) is 3.54. The summed E-state index contributed by atoms with van der Waals surface area (Å²) in [7, 11) is 0. The van der Waals surface area contributed by atoms with E-state index in [9.17, 15) is 0 Å². The summed E-state index contributed by atoms with van der Waals surface area (Å²) < 4.78 is 6.89. The van der Waals surface area contributed by atoms with E-state index in [1.54, 1.807) is 0 Å². The van der Waals surface area contributed by atoms with Gasteiger partial charge in [0.25, 0.3) is 0 Å². The molecule has 0 aliphatic carbocycles. The molecule has 0 aliphatic heterocycles. The summed E-state index contributed by atoms with van der Waals surface area (Å²) in [6.45, 7) is 6.24. The number of halogens is 1. The molecule has 0 bridgehead atoms. The summed E-state index contributed by atoms with van der Waals surface area (Å²) in [5, 5.41) is 0. The zero-order chi connectivity index (χ0) is 14.7. The number of nitrogens with two attached hydrogens (primary N) is 1. The van der Waals surface area contributed by atoms with Gasteiger partial charge in [-0.05, 0) is 55.7 Å². The second-order valence-corrected chi connectivity index (χ2v) is 6.75. The Morgan fingerprint density at radius 1 is 1.20 bits per heavy atom. The first-order valence-corrected chi connectivity index (χ1v) is 7.95. The third-order valence-corrected chi connectivity index (χ3v) is 4.77. The SMILES string of the molecule is CCC(N)C(Oc1ccc(C)c(C)c1)c1ccc(Cl)s1. The van der Waals surface area contributed by atoms with Crippen molar-refractivity contribution in [1.29, 1.82) is 0 Å². The Kier molecular flexibility index (Phi) is 5.08. The summed E-state index contributed by atoms with van der Waals surface area (Å²) in [5.41, 5.74) is 8.69. The standard InChI is InChI=1S/C16H20ClNOS/c1-4-13(18)16(14-7-8-15(17)20-14)19-12-6-5-10(2)11(3)9-12/h5-9,13,16H,4,18H2,1-3H3. The van der Waals surface area contributed by atoms with E-state index in [0.29, 0.717) is 0 Å². The van der Waals surface area contributed by atoms with Gasteiger partial charge in [-0.2, -0.15) is 0 Å². The van der Waals surface area contributed by atoms with E-state index >= 15 is 0 Å². The van der Waals surface area contributed by atoms with Gasteiger partial charge in [0.1, 0.15) is 11.9 Å². The van der Waals surface area contributed by atoms with Gasteiger partial charge in [-0.15, -0.1) is 11.3 Å². The maximum absolute atomic E-state index is 6.21. The summed E-state index contributed by atoms with van der Waals surface area (Å²) in [5.74, 6) is 0.853. The summed E-state index contributed by atoms with van der Waals surface area (Å²) in [6.07, 6.45) is 0.699. The molecule has 0 spiro atoms. The fourth-order valence-electron chi connectivity index (χ4n) is 1.99. The van der Waals surface area contributed by atoms with Gasteiger partial charge in [0, 0.05) is 10.9 Å². The Bertz CT molecular complexity index is 582. The molecule has 2 nitrogen and oxygen atoms in total. The highest BCUT2D eigenvalue weighted by molar-refractivity contribution is 7.16. The number of hydrogen-bond acceptors (Lipinski definition) is 3. The highest BCUT2D eigenvalue weighted by atomic mass is 35.5. The van der Waals surface area contributed by atoms with Crippen LogP contribution in [0, 0.1) is 13.8 Å². The second kappa shape index (κ2) is 6.61. The largest absolute Gasteiger partial charge is 0.483 e. The van der Waals surface area contributed by atoms with E-state index in [1.165, 1.54) is 22.5 Å². The van der Waals surface area contributed by atoms with Crippen molar-refractivity contribution >= 4 is 22.9 Å². The van der Waals surface area contributed by atoms with E-state index in [2.05, 4.69) is 32.9 Å². The zero-order valence-corrected chi connectivity index (χ0v) is 13.6. The first kappa shape index (κ1) is 15.4. The molecule has 0 saturated heterocycles. The van der Waals surface area contributed by atoms with Gasteiger partial charge in [-0.1, -0.05) is 24.6 Å². The van der Waals surface area contributed by atoms with Gasteiger partial charge in [0.2, 0.25) is 0 Å². The molecule has 1 aromatic carbocycles. The predicted molar refractivity (Wildman–Crippen MR) is 86.9 cm³/mol. The van der Waals surface area contributed by atoms with Crippen LogP contribution >= 0.6 is 22.9 Å². The van der Waals surface area contributed by atoms with E-state index in [4.69, 9.17) is 22.1 Å². The number of aryl methyl sites for hydroxylation is 2. The van der Waals surface area contributed by atoms with Crippen LogP contribution < -0.4 is 10.5 Å². The lowest BCUT2D eigenvalue weighted by Crippen LogP contribution is -2.30. The highest BCUT2D eigenvalue weighted by Crippen LogP contribution is 2.33.